The molecule has 0 saturated carbocycles. The summed E-state index contributed by atoms with van der Waals surface area (Å²) in [5, 5.41) is 1.17. The molecule has 0 aromatic rings. The topological polar surface area (TPSA) is 47.7 Å². The maximum Gasteiger partial charge on any atom is 0.130 e. The van der Waals surface area contributed by atoms with E-state index in [1.54, 1.807) is 7.05 Å². The lowest BCUT2D eigenvalue weighted by Crippen LogP contribution is -2.13. The van der Waals surface area contributed by atoms with Gasteiger partial charge in [-0.25, -0.2) is 0 Å². The van der Waals surface area contributed by atoms with Gasteiger partial charge in [0.25, 0.3) is 0 Å². The Kier molecular flexibility index (Phi) is 4.01. The molecule has 0 unspecified atom stereocenters. The summed E-state index contributed by atoms with van der Waals surface area (Å²) in [6.07, 6.45) is 2.58. The van der Waals surface area contributed by atoms with Crippen LogP contribution in [-0.2, 0) is 9.68 Å². The summed E-state index contributed by atoms with van der Waals surface area (Å²) in [4.78, 5) is 9.20. The van der Waals surface area contributed by atoms with E-state index in [9.17, 15) is 0 Å². The molecule has 4 nitrogen and oxygen atoms in total. The number of rotatable bonds is 3. The Morgan fingerprint density at radius 2 is 2.25 bits per heavy atom. The van der Waals surface area contributed by atoms with E-state index in [1.165, 1.54) is 24.8 Å². The number of hydrogen-bond acceptors (Lipinski definition) is 4. The first kappa shape index (κ1) is 7.26. The van der Waals surface area contributed by atoms with Crippen molar-refractivity contribution in [1.29, 1.82) is 0 Å². The predicted molar refractivity (Wildman–Crippen MR) is 29.2 cm³/mol. The molecule has 0 aliphatic heterocycles. The molecule has 4 heteroatoms. The van der Waals surface area contributed by atoms with Crippen molar-refractivity contribution < 1.29 is 9.68 Å². The molecule has 0 aromatic heterocycles. The second kappa shape index (κ2) is 4.42. The second-order valence-electron chi connectivity index (χ2n) is 1.06. The highest BCUT2D eigenvalue weighted by Gasteiger charge is 1.85. The van der Waals surface area contributed by atoms with Crippen molar-refractivity contribution in [1.82, 2.24) is 5.23 Å². The smallest absolute Gasteiger partial charge is 0.130 e. The van der Waals surface area contributed by atoms with Crippen molar-refractivity contribution in [3.63, 3.8) is 0 Å². The van der Waals surface area contributed by atoms with Gasteiger partial charge in [0.05, 0.1) is 14.2 Å². The van der Waals surface area contributed by atoms with Crippen molar-refractivity contribution >= 4 is 0 Å². The first-order valence-electron chi connectivity index (χ1n) is 2.12. The van der Waals surface area contributed by atoms with Crippen molar-refractivity contribution in [3.8, 4) is 0 Å². The standard InChI is InChI=1S/C4H10N2O2/c1-6(7-2)8-4-3-5/h3-4H,5H2,1-2H3. The van der Waals surface area contributed by atoms with E-state index in [1.807, 2.05) is 0 Å². The number of nitrogens with zero attached hydrogens (tertiary/aromatic N) is 1. The molecule has 0 aromatic carbocycles. The molecule has 0 saturated heterocycles. The fraction of sp³-hybridized carbons (Fsp3) is 0.500. The van der Waals surface area contributed by atoms with Crippen LogP contribution in [0.25, 0.3) is 0 Å². The summed E-state index contributed by atoms with van der Waals surface area (Å²) < 4.78 is 0. The molecule has 0 radical (unpaired) electrons. The highest BCUT2D eigenvalue weighted by molar-refractivity contribution is 4.60. The van der Waals surface area contributed by atoms with Crippen LogP contribution in [0.15, 0.2) is 12.5 Å². The zero-order chi connectivity index (χ0) is 6.41. The third-order valence-corrected chi connectivity index (χ3v) is 0.545. The van der Waals surface area contributed by atoms with Crippen LogP contribution >= 0.6 is 0 Å². The quantitative estimate of drug-likeness (QED) is 0.413. The normalized spacial score (nSPS) is 10.9. The summed E-state index contributed by atoms with van der Waals surface area (Å²) in [6, 6.07) is 0. The Hall–Kier alpha value is -0.740. The molecule has 0 amide bonds. The van der Waals surface area contributed by atoms with Gasteiger partial charge in [0.2, 0.25) is 0 Å². The van der Waals surface area contributed by atoms with Crippen molar-refractivity contribution in [2.75, 3.05) is 14.2 Å². The van der Waals surface area contributed by atoms with Crippen LogP contribution in [0, 0.1) is 0 Å². The molecule has 48 valence electrons. The highest BCUT2D eigenvalue weighted by atomic mass is 16.9. The van der Waals surface area contributed by atoms with Crippen LogP contribution in [0.4, 0.5) is 0 Å². The van der Waals surface area contributed by atoms with Gasteiger partial charge in [-0.05, 0) is 5.23 Å². The first-order chi connectivity index (χ1) is 3.81. The van der Waals surface area contributed by atoms with Gasteiger partial charge in [0, 0.05) is 6.20 Å². The lowest BCUT2D eigenvalue weighted by Gasteiger charge is -2.08. The van der Waals surface area contributed by atoms with Crippen LogP contribution in [0.5, 0.6) is 0 Å². The van der Waals surface area contributed by atoms with E-state index >= 15 is 0 Å². The molecule has 0 atom stereocenters. The van der Waals surface area contributed by atoms with Gasteiger partial charge in [-0.3, -0.25) is 4.84 Å². The number of hydrogen-bond donors (Lipinski definition) is 1. The zero-order valence-electron chi connectivity index (χ0n) is 5.00. The third kappa shape index (κ3) is 3.45. The maximum absolute atomic E-state index is 4.94. The third-order valence-electron chi connectivity index (χ3n) is 0.545. The van der Waals surface area contributed by atoms with Gasteiger partial charge < -0.3 is 10.6 Å². The molecule has 0 heterocycles. The van der Waals surface area contributed by atoms with E-state index in [4.69, 9.17) is 5.73 Å². The van der Waals surface area contributed by atoms with Crippen molar-refractivity contribution in [3.05, 3.63) is 12.5 Å². The first-order valence-corrected chi connectivity index (χ1v) is 2.12. The summed E-state index contributed by atoms with van der Waals surface area (Å²) in [6.45, 7) is 0. The van der Waals surface area contributed by atoms with Crippen LogP contribution in [0.1, 0.15) is 0 Å². The molecule has 0 spiro atoms. The molecule has 0 rings (SSSR count). The minimum absolute atomic E-state index is 1.17. The molecule has 8 heavy (non-hydrogen) atoms. The largest absolute Gasteiger partial charge is 0.402 e. The Labute approximate surface area is 48.4 Å². The van der Waals surface area contributed by atoms with Crippen LogP contribution < -0.4 is 5.73 Å². The van der Waals surface area contributed by atoms with Gasteiger partial charge >= 0.3 is 0 Å². The second-order valence-corrected chi connectivity index (χ2v) is 1.06. The Morgan fingerprint density at radius 1 is 1.62 bits per heavy atom. The summed E-state index contributed by atoms with van der Waals surface area (Å²) in [5.74, 6) is 0. The zero-order valence-corrected chi connectivity index (χ0v) is 5.00. The van der Waals surface area contributed by atoms with Crippen molar-refractivity contribution in [2.45, 2.75) is 0 Å². The summed E-state index contributed by atoms with van der Waals surface area (Å²) in [5.41, 5.74) is 4.94. The van der Waals surface area contributed by atoms with Gasteiger partial charge in [-0.15, -0.1) is 0 Å². The Balaban J connectivity index is 3.10. The summed E-state index contributed by atoms with van der Waals surface area (Å²) in [7, 11) is 3.10. The van der Waals surface area contributed by atoms with Gasteiger partial charge in [-0.1, -0.05) is 0 Å². The van der Waals surface area contributed by atoms with Crippen LogP contribution in [0.2, 0.25) is 0 Å². The average Bonchev–Trinajstić information content (AvgIpc) is 1.83. The van der Waals surface area contributed by atoms with E-state index in [0.717, 1.165) is 0 Å². The molecule has 0 fully saturated rings. The monoisotopic (exact) mass is 118 g/mol. The van der Waals surface area contributed by atoms with Crippen LogP contribution in [0.3, 0.4) is 0 Å². The fourth-order valence-electron chi connectivity index (χ4n) is 0.164. The van der Waals surface area contributed by atoms with Gasteiger partial charge in [-0.2, -0.15) is 0 Å². The number of nitrogens with two attached hydrogens (primary N) is 1. The van der Waals surface area contributed by atoms with E-state index in [-0.39, 0.29) is 0 Å². The highest BCUT2D eigenvalue weighted by Crippen LogP contribution is 1.82. The molecule has 2 N–H and O–H groups in total. The van der Waals surface area contributed by atoms with Gasteiger partial charge in [0.1, 0.15) is 6.26 Å². The predicted octanol–water partition coefficient (Wildman–Crippen LogP) is -0.159. The molecule has 0 bridgehead atoms. The molecule has 0 aliphatic rings. The fourth-order valence-corrected chi connectivity index (χ4v) is 0.164. The number of hydroxylamine groups is 2. The van der Waals surface area contributed by atoms with E-state index in [2.05, 4.69) is 9.68 Å². The Bertz CT molecular complexity index is 74.4. The lowest BCUT2D eigenvalue weighted by atomic mass is 11.0. The Morgan fingerprint density at radius 3 is 2.62 bits per heavy atom. The minimum Gasteiger partial charge on any atom is -0.402 e. The van der Waals surface area contributed by atoms with Crippen LogP contribution in [-0.4, -0.2) is 19.4 Å². The summed E-state index contributed by atoms with van der Waals surface area (Å²) >= 11 is 0. The molecular weight excluding hydrogens is 108 g/mol. The average molecular weight is 118 g/mol. The molecular formula is C4H10N2O2. The van der Waals surface area contributed by atoms with Gasteiger partial charge in [0.15, 0.2) is 0 Å². The van der Waals surface area contributed by atoms with E-state index < -0.39 is 0 Å². The minimum atomic E-state index is 1.17. The molecule has 0 aliphatic carbocycles. The lowest BCUT2D eigenvalue weighted by molar-refractivity contribution is -0.310. The maximum atomic E-state index is 4.94. The van der Waals surface area contributed by atoms with Crippen molar-refractivity contribution in [2.24, 2.45) is 5.73 Å². The SMILES string of the molecule is CON(C)OC=CN. The van der Waals surface area contributed by atoms with E-state index in [0.29, 0.717) is 0 Å².